The average Bonchev–Trinajstić information content (AvgIpc) is 2.99. The van der Waals surface area contributed by atoms with E-state index in [-0.39, 0.29) is 23.0 Å². The molecule has 0 spiro atoms. The van der Waals surface area contributed by atoms with Crippen LogP contribution in [0.3, 0.4) is 0 Å². The number of aryl methyl sites for hydroxylation is 1. The zero-order valence-electron chi connectivity index (χ0n) is 13.4. The number of halogens is 1. The highest BCUT2D eigenvalue weighted by atomic mass is 19.1. The summed E-state index contributed by atoms with van der Waals surface area (Å²) in [4.78, 5) is 29.8. The van der Waals surface area contributed by atoms with Gasteiger partial charge < -0.3 is 15.2 Å². The maximum absolute atomic E-state index is 13.7. The number of hydrogen-bond donors (Lipinski definition) is 1. The van der Waals surface area contributed by atoms with Gasteiger partial charge in [0.25, 0.3) is 5.91 Å². The molecular formula is C17H19FN4O2. The number of carbonyl (C=O) groups excluding carboxylic acids is 2. The highest BCUT2D eigenvalue weighted by Gasteiger charge is 2.27. The number of imidazole rings is 1. The Bertz CT molecular complexity index is 787. The van der Waals surface area contributed by atoms with E-state index in [2.05, 4.69) is 4.98 Å². The fourth-order valence-electron chi connectivity index (χ4n) is 3.20. The Balaban J connectivity index is 1.82. The lowest BCUT2D eigenvalue weighted by Crippen LogP contribution is -2.39. The Kier molecular flexibility index (Phi) is 4.33. The third-order valence-electron chi connectivity index (χ3n) is 4.41. The van der Waals surface area contributed by atoms with Crippen molar-refractivity contribution in [3.05, 3.63) is 53.4 Å². The van der Waals surface area contributed by atoms with E-state index in [0.29, 0.717) is 13.1 Å². The van der Waals surface area contributed by atoms with Crippen molar-refractivity contribution in [2.75, 3.05) is 13.1 Å². The van der Waals surface area contributed by atoms with Gasteiger partial charge >= 0.3 is 0 Å². The van der Waals surface area contributed by atoms with Gasteiger partial charge in [0.05, 0.1) is 6.33 Å². The van der Waals surface area contributed by atoms with E-state index in [9.17, 15) is 14.0 Å². The van der Waals surface area contributed by atoms with Gasteiger partial charge in [-0.05, 0) is 31.0 Å². The van der Waals surface area contributed by atoms with Gasteiger partial charge in [-0.25, -0.2) is 9.37 Å². The van der Waals surface area contributed by atoms with Gasteiger partial charge in [-0.3, -0.25) is 9.59 Å². The Labute approximate surface area is 139 Å². The van der Waals surface area contributed by atoms with Crippen molar-refractivity contribution in [1.82, 2.24) is 14.5 Å². The van der Waals surface area contributed by atoms with Crippen molar-refractivity contribution in [1.29, 1.82) is 0 Å². The first-order chi connectivity index (χ1) is 11.5. The van der Waals surface area contributed by atoms with Crippen LogP contribution in [-0.4, -0.2) is 39.4 Å². The second-order valence-corrected chi connectivity index (χ2v) is 6.11. The number of piperidine rings is 1. The predicted molar refractivity (Wildman–Crippen MR) is 86.0 cm³/mol. The number of likely N-dealkylation sites (tertiary alicyclic amines) is 1. The summed E-state index contributed by atoms with van der Waals surface area (Å²) in [6.07, 6.45) is 5.38. The molecule has 1 aliphatic heterocycles. The van der Waals surface area contributed by atoms with Crippen LogP contribution in [0.15, 0.2) is 30.7 Å². The van der Waals surface area contributed by atoms with Gasteiger partial charge in [-0.15, -0.1) is 0 Å². The molecular weight excluding hydrogens is 311 g/mol. The van der Waals surface area contributed by atoms with Gasteiger partial charge in [0.15, 0.2) is 0 Å². The van der Waals surface area contributed by atoms with Crippen LogP contribution >= 0.6 is 0 Å². The summed E-state index contributed by atoms with van der Waals surface area (Å²) in [6, 6.07) is 3.53. The Hall–Kier alpha value is -2.70. The summed E-state index contributed by atoms with van der Waals surface area (Å²) in [5, 5.41) is 0. The molecule has 24 heavy (non-hydrogen) atoms. The molecule has 1 aromatic heterocycles. The normalized spacial score (nSPS) is 17.8. The summed E-state index contributed by atoms with van der Waals surface area (Å²) in [6.45, 7) is 1.15. The number of primary amides is 1. The fourth-order valence-corrected chi connectivity index (χ4v) is 3.20. The maximum atomic E-state index is 13.7. The van der Waals surface area contributed by atoms with E-state index in [1.807, 2.05) is 17.8 Å². The third-order valence-corrected chi connectivity index (χ3v) is 4.41. The molecule has 1 fully saturated rings. The molecule has 1 saturated heterocycles. The molecule has 7 heteroatoms. The van der Waals surface area contributed by atoms with Crippen molar-refractivity contribution >= 4 is 11.8 Å². The van der Waals surface area contributed by atoms with E-state index in [1.165, 1.54) is 6.07 Å². The highest BCUT2D eigenvalue weighted by Crippen LogP contribution is 2.27. The van der Waals surface area contributed by atoms with Crippen LogP contribution in [-0.2, 0) is 7.05 Å². The Morgan fingerprint density at radius 1 is 1.29 bits per heavy atom. The SMILES string of the molecule is Cn1cncc1C1CCCN(C(=O)c2cc(F)cc(C(N)=O)c2)C1. The van der Waals surface area contributed by atoms with Crippen LogP contribution in [0.5, 0.6) is 0 Å². The minimum atomic E-state index is -0.755. The van der Waals surface area contributed by atoms with E-state index in [0.717, 1.165) is 30.7 Å². The molecule has 1 aromatic carbocycles. The molecule has 2 heterocycles. The highest BCUT2D eigenvalue weighted by molar-refractivity contribution is 5.99. The third kappa shape index (κ3) is 3.15. The molecule has 0 bridgehead atoms. The molecule has 1 aliphatic rings. The van der Waals surface area contributed by atoms with Crippen molar-refractivity contribution in [3.63, 3.8) is 0 Å². The standard InChI is InChI=1S/C17H19FN4O2/c1-21-10-20-8-15(21)11-3-2-4-22(9-11)17(24)13-5-12(16(19)23)6-14(18)7-13/h5-8,10-11H,2-4,9H2,1H3,(H2,19,23). The summed E-state index contributed by atoms with van der Waals surface area (Å²) in [5.74, 6) is -1.49. The van der Waals surface area contributed by atoms with E-state index < -0.39 is 11.7 Å². The number of carbonyl (C=O) groups is 2. The van der Waals surface area contributed by atoms with Crippen molar-refractivity contribution in [2.24, 2.45) is 12.8 Å². The average molecular weight is 330 g/mol. The van der Waals surface area contributed by atoms with Gasteiger partial charge in [0.2, 0.25) is 5.91 Å². The summed E-state index contributed by atoms with van der Waals surface area (Å²) >= 11 is 0. The van der Waals surface area contributed by atoms with E-state index in [4.69, 9.17) is 5.73 Å². The number of hydrogen-bond acceptors (Lipinski definition) is 3. The first-order valence-electron chi connectivity index (χ1n) is 7.81. The number of amides is 2. The predicted octanol–water partition coefficient (Wildman–Crippen LogP) is 1.68. The molecule has 126 valence electrons. The van der Waals surface area contributed by atoms with Crippen LogP contribution in [0.4, 0.5) is 4.39 Å². The lowest BCUT2D eigenvalue weighted by Gasteiger charge is -2.33. The second kappa shape index (κ2) is 6.43. The largest absolute Gasteiger partial charge is 0.366 e. The number of nitrogens with two attached hydrogens (primary N) is 1. The van der Waals surface area contributed by atoms with E-state index >= 15 is 0 Å². The molecule has 3 rings (SSSR count). The Morgan fingerprint density at radius 3 is 2.71 bits per heavy atom. The first kappa shape index (κ1) is 16.2. The van der Waals surface area contributed by atoms with Crippen molar-refractivity contribution in [2.45, 2.75) is 18.8 Å². The quantitative estimate of drug-likeness (QED) is 0.929. The smallest absolute Gasteiger partial charge is 0.254 e. The van der Waals surface area contributed by atoms with Crippen LogP contribution in [0.1, 0.15) is 45.2 Å². The monoisotopic (exact) mass is 330 g/mol. The van der Waals surface area contributed by atoms with Gasteiger partial charge in [0, 0.05) is 49.1 Å². The van der Waals surface area contributed by atoms with E-state index in [1.54, 1.807) is 11.2 Å². The molecule has 2 amide bonds. The minimum Gasteiger partial charge on any atom is -0.366 e. The number of rotatable bonds is 3. The first-order valence-corrected chi connectivity index (χ1v) is 7.81. The molecule has 2 aromatic rings. The zero-order chi connectivity index (χ0) is 17.3. The molecule has 0 radical (unpaired) electrons. The number of nitrogens with zero attached hydrogens (tertiary/aromatic N) is 3. The van der Waals surface area contributed by atoms with Gasteiger partial charge in [0.1, 0.15) is 5.82 Å². The van der Waals surface area contributed by atoms with Crippen molar-refractivity contribution in [3.8, 4) is 0 Å². The van der Waals surface area contributed by atoms with Gasteiger partial charge in [-0.1, -0.05) is 0 Å². The van der Waals surface area contributed by atoms with Crippen LogP contribution in [0, 0.1) is 5.82 Å². The minimum absolute atomic E-state index is 0.00135. The molecule has 6 nitrogen and oxygen atoms in total. The van der Waals surface area contributed by atoms with Crippen molar-refractivity contribution < 1.29 is 14.0 Å². The van der Waals surface area contributed by atoms with Gasteiger partial charge in [-0.2, -0.15) is 0 Å². The van der Waals surface area contributed by atoms with Crippen LogP contribution in [0.25, 0.3) is 0 Å². The summed E-state index contributed by atoms with van der Waals surface area (Å²) in [7, 11) is 1.93. The molecule has 0 saturated carbocycles. The summed E-state index contributed by atoms with van der Waals surface area (Å²) < 4.78 is 15.6. The van der Waals surface area contributed by atoms with Crippen LogP contribution in [0.2, 0.25) is 0 Å². The molecule has 1 unspecified atom stereocenters. The number of benzene rings is 1. The lowest BCUT2D eigenvalue weighted by atomic mass is 9.94. The summed E-state index contributed by atoms with van der Waals surface area (Å²) in [5.41, 5.74) is 6.41. The maximum Gasteiger partial charge on any atom is 0.254 e. The topological polar surface area (TPSA) is 81.2 Å². The number of aromatic nitrogens is 2. The Morgan fingerprint density at radius 2 is 2.04 bits per heavy atom. The fraction of sp³-hybridized carbons (Fsp3) is 0.353. The lowest BCUT2D eigenvalue weighted by molar-refractivity contribution is 0.0704. The van der Waals surface area contributed by atoms with Crippen LogP contribution < -0.4 is 5.73 Å². The zero-order valence-corrected chi connectivity index (χ0v) is 13.4. The molecule has 0 aliphatic carbocycles. The molecule has 1 atom stereocenters. The second-order valence-electron chi connectivity index (χ2n) is 6.11. The molecule has 2 N–H and O–H groups in total.